The number of ether oxygens (including phenoxy) is 2. The zero-order valence-corrected chi connectivity index (χ0v) is 31.2. The van der Waals surface area contributed by atoms with Gasteiger partial charge in [-0.05, 0) is 71.1 Å². The number of carbonyl (C=O) groups is 4. The summed E-state index contributed by atoms with van der Waals surface area (Å²) in [6, 6.07) is 0. The number of allylic oxidation sites excluding steroid dienone is 10. The molecule has 0 aromatic heterocycles. The minimum absolute atomic E-state index is 0.0951. The first kappa shape index (κ1) is 43.3. The van der Waals surface area contributed by atoms with E-state index in [1.807, 2.05) is 21.6 Å². The predicted molar refractivity (Wildman–Crippen MR) is 200 cm³/mol. The van der Waals surface area contributed by atoms with Gasteiger partial charge in [-0.15, -0.1) is 0 Å². The van der Waals surface area contributed by atoms with Gasteiger partial charge in [-0.1, -0.05) is 110 Å². The summed E-state index contributed by atoms with van der Waals surface area (Å²) in [5, 5.41) is 11.5. The molecule has 0 unspecified atom stereocenters. The van der Waals surface area contributed by atoms with Crippen molar-refractivity contribution in [2.75, 3.05) is 18.9 Å². The zero-order valence-electron chi connectivity index (χ0n) is 29.6. The summed E-state index contributed by atoms with van der Waals surface area (Å²) < 4.78 is 11.4. The average Bonchev–Trinajstić information content (AvgIpc) is 3.48. The smallest absolute Gasteiger partial charge is 0.306 e. The van der Waals surface area contributed by atoms with Crippen LogP contribution in [0.25, 0.3) is 0 Å². The highest BCUT2D eigenvalue weighted by Crippen LogP contribution is 2.49. The molecule has 1 aliphatic heterocycles. The third kappa shape index (κ3) is 22.0. The van der Waals surface area contributed by atoms with Crippen molar-refractivity contribution in [1.29, 1.82) is 0 Å². The van der Waals surface area contributed by atoms with E-state index in [1.54, 1.807) is 13.8 Å². The summed E-state index contributed by atoms with van der Waals surface area (Å²) in [5.41, 5.74) is -1.02. The maximum atomic E-state index is 13.0. The molecule has 0 aliphatic carbocycles. The van der Waals surface area contributed by atoms with Gasteiger partial charge in [0.1, 0.15) is 6.61 Å². The Morgan fingerprint density at radius 1 is 0.833 bits per heavy atom. The van der Waals surface area contributed by atoms with Gasteiger partial charge in [-0.3, -0.25) is 19.2 Å². The van der Waals surface area contributed by atoms with Crippen molar-refractivity contribution in [3.8, 4) is 0 Å². The Bertz CT molecular complexity index is 1100. The summed E-state index contributed by atoms with van der Waals surface area (Å²) in [6.45, 7) is 7.56. The highest BCUT2D eigenvalue weighted by atomic mass is 33.1. The topological polar surface area (TPSA) is 119 Å². The molecule has 48 heavy (non-hydrogen) atoms. The molecule has 1 saturated heterocycles. The molecule has 270 valence electrons. The van der Waals surface area contributed by atoms with Crippen LogP contribution in [0.4, 0.5) is 0 Å². The van der Waals surface area contributed by atoms with Crippen molar-refractivity contribution in [3.05, 3.63) is 60.8 Å². The largest absolute Gasteiger partial charge is 0.481 e. The monoisotopic (exact) mass is 705 g/mol. The molecule has 8 nitrogen and oxygen atoms in total. The van der Waals surface area contributed by atoms with Gasteiger partial charge < -0.3 is 19.9 Å². The molecule has 0 spiro atoms. The second-order valence-corrected chi connectivity index (χ2v) is 15.9. The number of unbranched alkanes of at least 4 members (excludes halogenated alkanes) is 2. The Morgan fingerprint density at radius 3 is 1.98 bits per heavy atom. The Hall–Kier alpha value is -2.72. The van der Waals surface area contributed by atoms with E-state index in [0.717, 1.165) is 63.5 Å². The number of carboxylic acids is 1. The summed E-state index contributed by atoms with van der Waals surface area (Å²) in [7, 11) is 3.79. The summed E-state index contributed by atoms with van der Waals surface area (Å²) in [5.74, 6) is -1.39. The highest BCUT2D eigenvalue weighted by Gasteiger charge is 2.40. The Morgan fingerprint density at radius 2 is 1.42 bits per heavy atom. The first-order valence-electron chi connectivity index (χ1n) is 17.4. The van der Waals surface area contributed by atoms with E-state index in [-0.39, 0.29) is 43.1 Å². The zero-order chi connectivity index (χ0) is 35.5. The lowest BCUT2D eigenvalue weighted by molar-refractivity contribution is -0.169. The van der Waals surface area contributed by atoms with Crippen LogP contribution in [0.1, 0.15) is 118 Å². The Labute approximate surface area is 297 Å². The van der Waals surface area contributed by atoms with Crippen molar-refractivity contribution in [2.45, 2.75) is 128 Å². The fraction of sp³-hybridized carbons (Fsp3) is 0.632. The molecule has 1 heterocycles. The molecule has 1 aliphatic rings. The summed E-state index contributed by atoms with van der Waals surface area (Å²) >= 11 is 0. The summed E-state index contributed by atoms with van der Waals surface area (Å²) in [4.78, 5) is 49.1. The van der Waals surface area contributed by atoms with E-state index in [2.05, 4.69) is 79.9 Å². The molecule has 2 atom stereocenters. The van der Waals surface area contributed by atoms with Crippen LogP contribution < -0.4 is 5.32 Å². The number of rotatable bonds is 26. The Kier molecular flexibility index (Phi) is 23.6. The molecule has 0 aromatic carbocycles. The molecule has 0 bridgehead atoms. The van der Waals surface area contributed by atoms with Gasteiger partial charge in [-0.2, -0.15) is 0 Å². The van der Waals surface area contributed by atoms with Gasteiger partial charge in [0.25, 0.3) is 5.91 Å². The van der Waals surface area contributed by atoms with E-state index in [1.165, 1.54) is 0 Å². The number of nitrogens with one attached hydrogen (secondary N) is 1. The van der Waals surface area contributed by atoms with E-state index in [0.29, 0.717) is 12.8 Å². The molecule has 2 N–H and O–H groups in total. The van der Waals surface area contributed by atoms with Crippen molar-refractivity contribution in [1.82, 2.24) is 5.32 Å². The third-order valence-corrected chi connectivity index (χ3v) is 11.0. The number of carbonyl (C=O) groups excluding carboxylic acids is 3. The van der Waals surface area contributed by atoms with Crippen LogP contribution in [0.3, 0.4) is 0 Å². The van der Waals surface area contributed by atoms with Gasteiger partial charge >= 0.3 is 17.9 Å². The maximum Gasteiger partial charge on any atom is 0.306 e. The van der Waals surface area contributed by atoms with Gasteiger partial charge in [0.2, 0.25) is 0 Å². The van der Waals surface area contributed by atoms with Crippen LogP contribution in [-0.4, -0.2) is 58.7 Å². The molecule has 10 heteroatoms. The van der Waals surface area contributed by atoms with Gasteiger partial charge in [0, 0.05) is 35.3 Å². The first-order valence-corrected chi connectivity index (χ1v) is 19.7. The lowest BCUT2D eigenvalue weighted by Gasteiger charge is -2.32. The molecular formula is C38H59NO7S2. The maximum absolute atomic E-state index is 13.0. The van der Waals surface area contributed by atoms with Gasteiger partial charge in [-0.25, -0.2) is 0 Å². The molecular weight excluding hydrogens is 647 g/mol. The number of esters is 2. The Balaban J connectivity index is 2.41. The quantitative estimate of drug-likeness (QED) is 0.0393. The standard InChI is InChI=1S/C38H59NO7S2/c1-5-6-7-8-9-10-11-12-13-14-15-16-17-18-19-20-21-24-33(42)45-31-37(2,3)35(36(44)39-29-26-32(40)41)46-34(43)25-22-23-27-38(4)28-30-47-48-38/h6-7,9-10,12-13,15-16,18-19,35H,5,8,11,14,17,20-31H2,1-4H3,(H,39,44)(H,40,41)/b7-6-,10-9-,13-12-,16-15-,19-18-/t35-,38-/m1/s1. The predicted octanol–water partition coefficient (Wildman–Crippen LogP) is 9.08. The average molecular weight is 706 g/mol. The van der Waals surface area contributed by atoms with E-state index < -0.39 is 29.4 Å². The van der Waals surface area contributed by atoms with Crippen molar-refractivity contribution < 1.29 is 33.8 Å². The first-order chi connectivity index (χ1) is 23.0. The van der Waals surface area contributed by atoms with Gasteiger partial charge in [0.15, 0.2) is 6.10 Å². The van der Waals surface area contributed by atoms with Crippen molar-refractivity contribution in [3.63, 3.8) is 0 Å². The third-order valence-electron chi connectivity index (χ3n) is 7.66. The number of hydrogen-bond acceptors (Lipinski definition) is 8. The fourth-order valence-electron chi connectivity index (χ4n) is 4.71. The number of aliphatic carboxylic acids is 1. The lowest BCUT2D eigenvalue weighted by atomic mass is 9.86. The number of hydrogen-bond donors (Lipinski definition) is 2. The van der Waals surface area contributed by atoms with Gasteiger partial charge in [0.05, 0.1) is 6.42 Å². The highest BCUT2D eigenvalue weighted by molar-refractivity contribution is 8.77. The SMILES string of the molecule is CC/C=C\C/C=C\C/C=C\C/C=C\C/C=C\CCCC(=O)OCC(C)(C)[C@H](OC(=O)CCCC[C@]1(C)CCSS1)C(=O)NCCC(=O)O. The molecule has 1 rings (SSSR count). The van der Waals surface area contributed by atoms with Crippen LogP contribution in [-0.2, 0) is 28.7 Å². The normalized spacial score (nSPS) is 17.7. The fourth-order valence-corrected chi connectivity index (χ4v) is 8.01. The van der Waals surface area contributed by atoms with E-state index in [4.69, 9.17) is 14.6 Å². The van der Waals surface area contributed by atoms with Crippen LogP contribution in [0, 0.1) is 5.41 Å². The summed E-state index contributed by atoms with van der Waals surface area (Å²) in [6.07, 6.45) is 30.2. The van der Waals surface area contributed by atoms with Crippen LogP contribution in [0.2, 0.25) is 0 Å². The molecule has 0 radical (unpaired) electrons. The van der Waals surface area contributed by atoms with E-state index in [9.17, 15) is 19.2 Å². The second-order valence-electron chi connectivity index (χ2n) is 12.9. The minimum Gasteiger partial charge on any atom is -0.481 e. The molecule has 0 saturated carbocycles. The van der Waals surface area contributed by atoms with Crippen molar-refractivity contribution in [2.24, 2.45) is 5.41 Å². The van der Waals surface area contributed by atoms with Crippen molar-refractivity contribution >= 4 is 45.4 Å². The van der Waals surface area contributed by atoms with Crippen LogP contribution in [0.5, 0.6) is 0 Å². The number of amides is 1. The molecule has 1 amide bonds. The second kappa shape index (κ2) is 26.2. The molecule has 0 aromatic rings. The van der Waals surface area contributed by atoms with Crippen LogP contribution >= 0.6 is 21.6 Å². The van der Waals surface area contributed by atoms with Crippen LogP contribution in [0.15, 0.2) is 60.8 Å². The minimum atomic E-state index is -1.23. The number of carboxylic acid groups (broad SMARTS) is 1. The lowest BCUT2D eigenvalue weighted by Crippen LogP contribution is -2.49. The van der Waals surface area contributed by atoms with E-state index >= 15 is 0 Å². The molecule has 1 fully saturated rings.